The molecule has 1 heterocycles. The van der Waals surface area contributed by atoms with Gasteiger partial charge in [-0.15, -0.1) is 0 Å². The summed E-state index contributed by atoms with van der Waals surface area (Å²) in [6, 6.07) is 13.1. The van der Waals surface area contributed by atoms with Gasteiger partial charge >= 0.3 is 0 Å². The van der Waals surface area contributed by atoms with Crippen molar-refractivity contribution in [2.24, 2.45) is 0 Å². The molecule has 1 saturated carbocycles. The zero-order chi connectivity index (χ0) is 19.9. The first-order valence-corrected chi connectivity index (χ1v) is 9.39. The normalized spacial score (nSPS) is 18.2. The molecule has 28 heavy (non-hydrogen) atoms. The first kappa shape index (κ1) is 20.0. The number of pyridine rings is 1. The highest BCUT2D eigenvalue weighted by molar-refractivity contribution is 5.98. The highest BCUT2D eigenvalue weighted by Gasteiger charge is 2.31. The van der Waals surface area contributed by atoms with Crippen molar-refractivity contribution < 1.29 is 19.4 Å². The molecule has 0 unspecified atom stereocenters. The molecule has 1 aromatic heterocycles. The summed E-state index contributed by atoms with van der Waals surface area (Å²) in [5, 5.41) is 14.3. The van der Waals surface area contributed by atoms with Crippen molar-refractivity contribution in [3.63, 3.8) is 0 Å². The number of carbonyl (C=O) groups is 2. The Bertz CT molecular complexity index is 820. The lowest BCUT2D eigenvalue weighted by Gasteiger charge is -2.35. The molecule has 1 fully saturated rings. The molecule has 1 aliphatic carbocycles. The average Bonchev–Trinajstić information content (AvgIpc) is 2.69. The van der Waals surface area contributed by atoms with Crippen LogP contribution in [-0.4, -0.2) is 54.3 Å². The molecule has 1 aromatic carbocycles. The van der Waals surface area contributed by atoms with Crippen molar-refractivity contribution in [1.29, 1.82) is 0 Å². The Morgan fingerprint density at radius 1 is 1.18 bits per heavy atom. The van der Waals surface area contributed by atoms with Gasteiger partial charge in [-0.1, -0.05) is 30.3 Å². The second-order valence-corrected chi connectivity index (χ2v) is 6.83. The minimum atomic E-state index is -0.329. The fourth-order valence-electron chi connectivity index (χ4n) is 3.17. The number of nitrogens with one attached hydrogen (secondary N) is 2. The summed E-state index contributed by atoms with van der Waals surface area (Å²) in [5.41, 5.74) is 2.35. The molecule has 7 nitrogen and oxygen atoms in total. The van der Waals surface area contributed by atoms with Crippen molar-refractivity contribution >= 4 is 11.8 Å². The first-order chi connectivity index (χ1) is 13.6. The summed E-state index contributed by atoms with van der Waals surface area (Å²) in [5.74, 6) is -0.558. The smallest absolute Gasteiger partial charge is 0.269 e. The topological polar surface area (TPSA) is 101 Å². The number of hydrogen-bond donors (Lipinski definition) is 3. The van der Waals surface area contributed by atoms with E-state index in [1.807, 2.05) is 30.3 Å². The van der Waals surface area contributed by atoms with E-state index in [-0.39, 0.29) is 36.3 Å². The minimum absolute atomic E-state index is 0.00297. The SMILES string of the molecule is CNC(=O)c1cc(C(=O)NC2CC(OCCO)C2)cc(Cc2ccccc2)n1. The molecule has 2 amide bonds. The number of benzene rings is 1. The molecule has 0 saturated heterocycles. The van der Waals surface area contributed by atoms with Crippen LogP contribution in [0.5, 0.6) is 0 Å². The van der Waals surface area contributed by atoms with Gasteiger partial charge in [0.1, 0.15) is 5.69 Å². The minimum Gasteiger partial charge on any atom is -0.394 e. The number of rotatable bonds is 8. The van der Waals surface area contributed by atoms with Gasteiger partial charge in [-0.2, -0.15) is 0 Å². The summed E-state index contributed by atoms with van der Waals surface area (Å²) >= 11 is 0. The predicted octanol–water partition coefficient (Wildman–Crippen LogP) is 1.30. The summed E-state index contributed by atoms with van der Waals surface area (Å²) < 4.78 is 5.43. The number of nitrogens with zero attached hydrogens (tertiary/aromatic N) is 1. The van der Waals surface area contributed by atoms with Crippen LogP contribution in [0.25, 0.3) is 0 Å². The van der Waals surface area contributed by atoms with Crippen molar-refractivity contribution in [2.75, 3.05) is 20.3 Å². The lowest BCUT2D eigenvalue weighted by molar-refractivity contribution is -0.0286. The van der Waals surface area contributed by atoms with Crippen LogP contribution in [0.1, 0.15) is 44.9 Å². The summed E-state index contributed by atoms with van der Waals surface area (Å²) in [6.07, 6.45) is 2.04. The number of carbonyl (C=O) groups excluding carboxylic acids is 2. The van der Waals surface area contributed by atoms with E-state index >= 15 is 0 Å². The number of amides is 2. The fourth-order valence-corrected chi connectivity index (χ4v) is 3.17. The molecular formula is C21H25N3O4. The van der Waals surface area contributed by atoms with E-state index in [0.717, 1.165) is 18.4 Å². The van der Waals surface area contributed by atoms with Gasteiger partial charge in [0.25, 0.3) is 11.8 Å². The van der Waals surface area contributed by atoms with E-state index in [1.165, 1.54) is 13.1 Å². The molecule has 0 bridgehead atoms. The Kier molecular flexibility index (Phi) is 6.73. The second kappa shape index (κ2) is 9.43. The van der Waals surface area contributed by atoms with Crippen molar-refractivity contribution in [1.82, 2.24) is 15.6 Å². The number of hydrogen-bond acceptors (Lipinski definition) is 5. The molecule has 1 aliphatic rings. The van der Waals surface area contributed by atoms with Gasteiger partial charge in [0, 0.05) is 30.8 Å². The van der Waals surface area contributed by atoms with Crippen molar-refractivity contribution in [3.8, 4) is 0 Å². The molecule has 0 atom stereocenters. The second-order valence-electron chi connectivity index (χ2n) is 6.83. The fraction of sp³-hybridized carbons (Fsp3) is 0.381. The van der Waals surface area contributed by atoms with Gasteiger partial charge < -0.3 is 20.5 Å². The third kappa shape index (κ3) is 5.15. The maximum Gasteiger partial charge on any atom is 0.269 e. The highest BCUT2D eigenvalue weighted by Crippen LogP contribution is 2.23. The van der Waals surface area contributed by atoms with Crippen LogP contribution in [0.3, 0.4) is 0 Å². The lowest BCUT2D eigenvalue weighted by Crippen LogP contribution is -2.48. The molecule has 0 spiro atoms. The third-order valence-corrected chi connectivity index (χ3v) is 4.70. The quantitative estimate of drug-likeness (QED) is 0.638. The van der Waals surface area contributed by atoms with Gasteiger partial charge in [0.15, 0.2) is 0 Å². The molecule has 148 valence electrons. The lowest BCUT2D eigenvalue weighted by atomic mass is 9.89. The van der Waals surface area contributed by atoms with E-state index in [1.54, 1.807) is 6.07 Å². The van der Waals surface area contributed by atoms with E-state index in [4.69, 9.17) is 9.84 Å². The van der Waals surface area contributed by atoms with E-state index in [0.29, 0.717) is 24.3 Å². The van der Waals surface area contributed by atoms with Gasteiger partial charge in [0.05, 0.1) is 19.3 Å². The molecule has 7 heteroatoms. The van der Waals surface area contributed by atoms with Gasteiger partial charge in [0.2, 0.25) is 0 Å². The standard InChI is InChI=1S/C21H25N3O4/c1-22-21(27)19-11-15(10-16(23-19)9-14-5-3-2-4-6-14)20(26)24-17-12-18(13-17)28-8-7-25/h2-6,10-11,17-18,25H,7-9,12-13H2,1H3,(H,22,27)(H,24,26). The van der Waals surface area contributed by atoms with Gasteiger partial charge in [-0.05, 0) is 30.5 Å². The molecule has 0 aliphatic heterocycles. The molecular weight excluding hydrogens is 358 g/mol. The maximum absolute atomic E-state index is 12.7. The Labute approximate surface area is 164 Å². The Hall–Kier alpha value is -2.77. The third-order valence-electron chi connectivity index (χ3n) is 4.70. The molecule has 2 aromatic rings. The van der Waals surface area contributed by atoms with Crippen LogP contribution in [-0.2, 0) is 11.2 Å². The summed E-state index contributed by atoms with van der Waals surface area (Å²) in [7, 11) is 1.54. The van der Waals surface area contributed by atoms with Crippen molar-refractivity contribution in [2.45, 2.75) is 31.4 Å². The monoisotopic (exact) mass is 383 g/mol. The Morgan fingerprint density at radius 3 is 2.61 bits per heavy atom. The largest absolute Gasteiger partial charge is 0.394 e. The highest BCUT2D eigenvalue weighted by atomic mass is 16.5. The van der Waals surface area contributed by atoms with Crippen molar-refractivity contribution in [3.05, 3.63) is 65.0 Å². The summed E-state index contributed by atoms with van der Waals surface area (Å²) in [4.78, 5) is 29.2. The van der Waals surface area contributed by atoms with Gasteiger partial charge in [-0.25, -0.2) is 4.98 Å². The van der Waals surface area contributed by atoms with E-state index < -0.39 is 0 Å². The van der Waals surface area contributed by atoms with Crippen LogP contribution in [0.2, 0.25) is 0 Å². The van der Waals surface area contributed by atoms with E-state index in [9.17, 15) is 9.59 Å². The first-order valence-electron chi connectivity index (χ1n) is 9.39. The number of aliphatic hydroxyl groups is 1. The zero-order valence-corrected chi connectivity index (χ0v) is 15.9. The number of ether oxygens (including phenoxy) is 1. The summed E-state index contributed by atoms with van der Waals surface area (Å²) in [6.45, 7) is 0.311. The average molecular weight is 383 g/mol. The van der Waals surface area contributed by atoms with Gasteiger partial charge in [-0.3, -0.25) is 9.59 Å². The molecule has 3 N–H and O–H groups in total. The van der Waals surface area contributed by atoms with Crippen LogP contribution in [0.15, 0.2) is 42.5 Å². The number of aromatic nitrogens is 1. The van der Waals surface area contributed by atoms with Crippen LogP contribution < -0.4 is 10.6 Å². The Balaban J connectivity index is 1.71. The molecule has 0 radical (unpaired) electrons. The predicted molar refractivity (Wildman–Crippen MR) is 104 cm³/mol. The van der Waals surface area contributed by atoms with Crippen LogP contribution in [0, 0.1) is 0 Å². The Morgan fingerprint density at radius 2 is 1.93 bits per heavy atom. The van der Waals surface area contributed by atoms with Crippen LogP contribution in [0.4, 0.5) is 0 Å². The number of aliphatic hydroxyl groups excluding tert-OH is 1. The zero-order valence-electron chi connectivity index (χ0n) is 15.9. The van der Waals surface area contributed by atoms with E-state index in [2.05, 4.69) is 15.6 Å². The molecule has 3 rings (SSSR count). The van der Waals surface area contributed by atoms with Crippen LogP contribution >= 0.6 is 0 Å². The maximum atomic E-state index is 12.7.